The summed E-state index contributed by atoms with van der Waals surface area (Å²) in [6.45, 7) is 3.39. The second-order valence-electron chi connectivity index (χ2n) is 4.60. The van der Waals surface area contributed by atoms with Crippen LogP contribution in [0.3, 0.4) is 0 Å². The van der Waals surface area contributed by atoms with Crippen LogP contribution < -0.4 is 15.4 Å². The molecule has 2 rings (SSSR count). The van der Waals surface area contributed by atoms with Gasteiger partial charge in [0.05, 0.1) is 13.7 Å². The molecule has 0 atom stereocenters. The van der Waals surface area contributed by atoms with Gasteiger partial charge in [-0.1, -0.05) is 6.07 Å². The first kappa shape index (κ1) is 14.4. The van der Waals surface area contributed by atoms with Crippen LogP contribution in [0.2, 0.25) is 0 Å². The van der Waals surface area contributed by atoms with Gasteiger partial charge < -0.3 is 15.4 Å². The summed E-state index contributed by atoms with van der Waals surface area (Å²) in [6, 6.07) is 10.1. The van der Waals surface area contributed by atoms with Crippen LogP contribution in [0.4, 0.5) is 5.69 Å². The molecule has 1 aromatic heterocycles. The van der Waals surface area contributed by atoms with Gasteiger partial charge >= 0.3 is 0 Å². The SMILES string of the molecule is COc1cccc(N(CCCN)CCn2cccn2)c1. The Hall–Kier alpha value is -2.01. The van der Waals surface area contributed by atoms with E-state index in [0.717, 1.165) is 37.5 Å². The van der Waals surface area contributed by atoms with E-state index in [1.54, 1.807) is 13.3 Å². The summed E-state index contributed by atoms with van der Waals surface area (Å²) < 4.78 is 7.23. The van der Waals surface area contributed by atoms with Crippen molar-refractivity contribution in [1.29, 1.82) is 0 Å². The third-order valence-electron chi connectivity index (χ3n) is 3.21. The van der Waals surface area contributed by atoms with Gasteiger partial charge in [0, 0.05) is 37.2 Å². The fourth-order valence-corrected chi connectivity index (χ4v) is 2.12. The van der Waals surface area contributed by atoms with Crippen LogP contribution in [0.5, 0.6) is 5.75 Å². The normalized spacial score (nSPS) is 10.5. The van der Waals surface area contributed by atoms with Crippen LogP contribution in [-0.2, 0) is 6.54 Å². The van der Waals surface area contributed by atoms with E-state index in [4.69, 9.17) is 10.5 Å². The van der Waals surface area contributed by atoms with Crippen molar-refractivity contribution in [2.45, 2.75) is 13.0 Å². The summed E-state index contributed by atoms with van der Waals surface area (Å²) in [4.78, 5) is 2.32. The number of methoxy groups -OCH3 is 1. The van der Waals surface area contributed by atoms with Crippen molar-refractivity contribution in [1.82, 2.24) is 9.78 Å². The van der Waals surface area contributed by atoms with Gasteiger partial charge in [0.25, 0.3) is 0 Å². The molecule has 1 heterocycles. The van der Waals surface area contributed by atoms with Crippen LogP contribution >= 0.6 is 0 Å². The molecule has 2 aromatic rings. The highest BCUT2D eigenvalue weighted by molar-refractivity contribution is 5.50. The second kappa shape index (κ2) is 7.55. The number of nitrogens with two attached hydrogens (primary N) is 1. The van der Waals surface area contributed by atoms with Crippen molar-refractivity contribution in [3.8, 4) is 5.75 Å². The van der Waals surface area contributed by atoms with E-state index in [-0.39, 0.29) is 0 Å². The Kier molecular flexibility index (Phi) is 5.43. The van der Waals surface area contributed by atoms with Crippen LogP contribution in [0.1, 0.15) is 6.42 Å². The van der Waals surface area contributed by atoms with Crippen LogP contribution in [0.15, 0.2) is 42.7 Å². The van der Waals surface area contributed by atoms with Gasteiger partial charge in [-0.3, -0.25) is 4.68 Å². The number of ether oxygens (including phenoxy) is 1. The number of benzene rings is 1. The van der Waals surface area contributed by atoms with E-state index in [1.807, 2.05) is 29.1 Å². The highest BCUT2D eigenvalue weighted by Crippen LogP contribution is 2.21. The van der Waals surface area contributed by atoms with E-state index in [2.05, 4.69) is 22.1 Å². The number of rotatable bonds is 8. The molecule has 0 saturated heterocycles. The molecule has 0 amide bonds. The van der Waals surface area contributed by atoms with Crippen LogP contribution in [0, 0.1) is 0 Å². The molecule has 5 heteroatoms. The Morgan fingerprint density at radius 2 is 2.20 bits per heavy atom. The first-order chi connectivity index (χ1) is 9.83. The molecular formula is C15H22N4O. The lowest BCUT2D eigenvalue weighted by atomic mass is 10.2. The van der Waals surface area contributed by atoms with E-state index in [9.17, 15) is 0 Å². The Morgan fingerprint density at radius 3 is 2.90 bits per heavy atom. The van der Waals surface area contributed by atoms with E-state index >= 15 is 0 Å². The van der Waals surface area contributed by atoms with Gasteiger partial charge in [-0.2, -0.15) is 5.10 Å². The van der Waals surface area contributed by atoms with Crippen molar-refractivity contribution in [2.75, 3.05) is 31.6 Å². The summed E-state index contributed by atoms with van der Waals surface area (Å²) in [7, 11) is 1.69. The van der Waals surface area contributed by atoms with Gasteiger partial charge in [-0.25, -0.2) is 0 Å². The zero-order valence-corrected chi connectivity index (χ0v) is 11.9. The Balaban J connectivity index is 2.05. The molecule has 0 aliphatic rings. The fraction of sp³-hybridized carbons (Fsp3) is 0.400. The summed E-state index contributed by atoms with van der Waals surface area (Å²) in [6.07, 6.45) is 4.75. The van der Waals surface area contributed by atoms with Gasteiger partial charge in [0.2, 0.25) is 0 Å². The molecule has 0 aliphatic heterocycles. The maximum Gasteiger partial charge on any atom is 0.120 e. The van der Waals surface area contributed by atoms with Gasteiger partial charge in [-0.05, 0) is 31.2 Å². The predicted molar refractivity (Wildman–Crippen MR) is 81.1 cm³/mol. The van der Waals surface area contributed by atoms with Gasteiger partial charge in [-0.15, -0.1) is 0 Å². The number of anilines is 1. The molecule has 0 bridgehead atoms. The minimum absolute atomic E-state index is 0.697. The molecule has 0 aliphatic carbocycles. The number of aromatic nitrogens is 2. The average Bonchev–Trinajstić information content (AvgIpc) is 3.01. The molecule has 1 aromatic carbocycles. The molecule has 0 unspecified atom stereocenters. The van der Waals surface area contributed by atoms with Gasteiger partial charge in [0.15, 0.2) is 0 Å². The van der Waals surface area contributed by atoms with Crippen molar-refractivity contribution < 1.29 is 4.74 Å². The number of nitrogens with zero attached hydrogens (tertiary/aromatic N) is 3. The average molecular weight is 274 g/mol. The lowest BCUT2D eigenvalue weighted by Gasteiger charge is -2.25. The van der Waals surface area contributed by atoms with E-state index < -0.39 is 0 Å². The predicted octanol–water partition coefficient (Wildman–Crippen LogP) is 1.75. The lowest BCUT2D eigenvalue weighted by molar-refractivity contribution is 0.414. The van der Waals surface area contributed by atoms with E-state index in [0.29, 0.717) is 6.54 Å². The number of hydrogen-bond acceptors (Lipinski definition) is 4. The first-order valence-electron chi connectivity index (χ1n) is 6.90. The van der Waals surface area contributed by atoms with Crippen molar-refractivity contribution in [3.05, 3.63) is 42.7 Å². The first-order valence-corrected chi connectivity index (χ1v) is 6.90. The monoisotopic (exact) mass is 274 g/mol. The second-order valence-corrected chi connectivity index (χ2v) is 4.60. The molecule has 108 valence electrons. The molecule has 0 spiro atoms. The zero-order chi connectivity index (χ0) is 14.2. The smallest absolute Gasteiger partial charge is 0.120 e. The zero-order valence-electron chi connectivity index (χ0n) is 11.9. The summed E-state index contributed by atoms with van der Waals surface area (Å²) >= 11 is 0. The summed E-state index contributed by atoms with van der Waals surface area (Å²) in [5, 5.41) is 4.24. The molecule has 0 fully saturated rings. The van der Waals surface area contributed by atoms with Crippen molar-refractivity contribution in [2.24, 2.45) is 5.73 Å². The summed E-state index contributed by atoms with van der Waals surface area (Å²) in [5.74, 6) is 0.874. The molecule has 5 nitrogen and oxygen atoms in total. The van der Waals surface area contributed by atoms with E-state index in [1.165, 1.54) is 0 Å². The van der Waals surface area contributed by atoms with Crippen molar-refractivity contribution in [3.63, 3.8) is 0 Å². The minimum Gasteiger partial charge on any atom is -0.497 e. The third-order valence-corrected chi connectivity index (χ3v) is 3.21. The minimum atomic E-state index is 0.697. The standard InChI is InChI=1S/C15H22N4O/c1-20-15-6-2-5-14(13-15)18(9-3-7-16)11-12-19-10-4-8-17-19/h2,4-6,8,10,13H,3,7,9,11-12,16H2,1H3. The third kappa shape index (κ3) is 3.99. The Labute approximate surface area is 119 Å². The van der Waals surface area contributed by atoms with Crippen molar-refractivity contribution >= 4 is 5.69 Å². The topological polar surface area (TPSA) is 56.3 Å². The van der Waals surface area contributed by atoms with Gasteiger partial charge in [0.1, 0.15) is 5.75 Å². The van der Waals surface area contributed by atoms with Crippen LogP contribution in [-0.4, -0.2) is 36.5 Å². The highest BCUT2D eigenvalue weighted by atomic mass is 16.5. The maximum absolute atomic E-state index is 5.63. The fourth-order valence-electron chi connectivity index (χ4n) is 2.12. The Morgan fingerprint density at radius 1 is 1.30 bits per heavy atom. The molecule has 0 radical (unpaired) electrons. The highest BCUT2D eigenvalue weighted by Gasteiger charge is 2.07. The maximum atomic E-state index is 5.63. The number of hydrogen-bond donors (Lipinski definition) is 1. The largest absolute Gasteiger partial charge is 0.497 e. The lowest BCUT2D eigenvalue weighted by Crippen LogP contribution is -2.29. The van der Waals surface area contributed by atoms with Crippen LogP contribution in [0.25, 0.3) is 0 Å². The Bertz CT molecular complexity index is 498. The summed E-state index contributed by atoms with van der Waals surface area (Å²) in [5.41, 5.74) is 6.79. The quantitative estimate of drug-likeness (QED) is 0.796. The molecule has 0 saturated carbocycles. The molecule has 2 N–H and O–H groups in total. The molecule has 20 heavy (non-hydrogen) atoms. The molecular weight excluding hydrogens is 252 g/mol.